The number of anilines is 1. The van der Waals surface area contributed by atoms with Crippen molar-refractivity contribution in [3.8, 4) is 10.8 Å². The molecule has 6 nitrogen and oxygen atoms in total. The number of rotatable bonds is 5. The molecule has 0 bridgehead atoms. The SMILES string of the molecule is CC(C)c1noc(NCc2coc(-c3cccs3)n2)n1. The summed E-state index contributed by atoms with van der Waals surface area (Å²) < 4.78 is 10.5. The second-order valence-corrected chi connectivity index (χ2v) is 5.53. The Morgan fingerprint density at radius 3 is 2.95 bits per heavy atom. The molecule has 3 aromatic heterocycles. The number of aromatic nitrogens is 3. The van der Waals surface area contributed by atoms with Gasteiger partial charge >= 0.3 is 6.01 Å². The van der Waals surface area contributed by atoms with Gasteiger partial charge in [-0.15, -0.1) is 11.3 Å². The van der Waals surface area contributed by atoms with Crippen LogP contribution in [-0.2, 0) is 6.54 Å². The molecule has 0 saturated carbocycles. The highest BCUT2D eigenvalue weighted by molar-refractivity contribution is 7.13. The third-order valence-electron chi connectivity index (χ3n) is 2.66. The van der Waals surface area contributed by atoms with Crippen LogP contribution >= 0.6 is 11.3 Å². The zero-order valence-corrected chi connectivity index (χ0v) is 12.0. The maximum absolute atomic E-state index is 5.43. The molecular formula is C13H14N4O2S. The lowest BCUT2D eigenvalue weighted by Gasteiger charge is -1.95. The van der Waals surface area contributed by atoms with Gasteiger partial charge in [-0.2, -0.15) is 4.98 Å². The maximum Gasteiger partial charge on any atom is 0.321 e. The molecule has 3 heterocycles. The number of hydrogen-bond donors (Lipinski definition) is 1. The van der Waals surface area contributed by atoms with Gasteiger partial charge in [-0.1, -0.05) is 25.1 Å². The Labute approximate surface area is 119 Å². The monoisotopic (exact) mass is 290 g/mol. The van der Waals surface area contributed by atoms with E-state index < -0.39 is 0 Å². The quantitative estimate of drug-likeness (QED) is 0.774. The van der Waals surface area contributed by atoms with Crippen molar-refractivity contribution in [3.05, 3.63) is 35.3 Å². The van der Waals surface area contributed by atoms with E-state index in [0.29, 0.717) is 24.3 Å². The summed E-state index contributed by atoms with van der Waals surface area (Å²) in [6.07, 6.45) is 1.63. The predicted molar refractivity (Wildman–Crippen MR) is 75.5 cm³/mol. The van der Waals surface area contributed by atoms with E-state index in [0.717, 1.165) is 10.6 Å². The minimum absolute atomic E-state index is 0.242. The van der Waals surface area contributed by atoms with E-state index in [1.54, 1.807) is 17.6 Å². The number of nitrogens with zero attached hydrogens (tertiary/aromatic N) is 3. The lowest BCUT2D eigenvalue weighted by molar-refractivity contribution is 0.419. The standard InChI is InChI=1S/C13H14N4O2S/c1-8(2)11-16-13(19-17-11)14-6-9-7-18-12(15-9)10-4-3-5-20-10/h3-5,7-8H,6H2,1-2H3,(H,14,16,17). The summed E-state index contributed by atoms with van der Waals surface area (Å²) in [4.78, 5) is 9.65. The Balaban J connectivity index is 1.63. The first kappa shape index (κ1) is 12.9. The Hall–Kier alpha value is -2.15. The van der Waals surface area contributed by atoms with Crippen LogP contribution in [0.4, 0.5) is 6.01 Å². The molecule has 0 unspecified atom stereocenters. The Morgan fingerprint density at radius 1 is 1.35 bits per heavy atom. The van der Waals surface area contributed by atoms with Gasteiger partial charge in [0, 0.05) is 5.92 Å². The third kappa shape index (κ3) is 2.72. The van der Waals surface area contributed by atoms with Gasteiger partial charge in [0.2, 0.25) is 5.89 Å². The van der Waals surface area contributed by atoms with Gasteiger partial charge in [0.25, 0.3) is 0 Å². The molecule has 0 aliphatic rings. The van der Waals surface area contributed by atoms with Crippen LogP contribution in [0.15, 0.2) is 32.7 Å². The van der Waals surface area contributed by atoms with Crippen LogP contribution in [0.3, 0.4) is 0 Å². The normalized spacial score (nSPS) is 11.2. The second-order valence-electron chi connectivity index (χ2n) is 4.59. The fourth-order valence-corrected chi connectivity index (χ4v) is 2.26. The minimum atomic E-state index is 0.242. The molecule has 0 atom stereocenters. The second kappa shape index (κ2) is 5.46. The molecule has 0 amide bonds. The smallest absolute Gasteiger partial charge is 0.321 e. The average Bonchev–Trinajstić information content (AvgIpc) is 3.17. The summed E-state index contributed by atoms with van der Waals surface area (Å²) in [6, 6.07) is 4.34. The fraction of sp³-hybridized carbons (Fsp3) is 0.308. The van der Waals surface area contributed by atoms with Crippen LogP contribution < -0.4 is 5.32 Å². The first-order chi connectivity index (χ1) is 9.72. The van der Waals surface area contributed by atoms with Crippen molar-refractivity contribution >= 4 is 17.4 Å². The largest absolute Gasteiger partial charge is 0.443 e. The van der Waals surface area contributed by atoms with Crippen LogP contribution in [0.5, 0.6) is 0 Å². The topological polar surface area (TPSA) is 77.0 Å². The van der Waals surface area contributed by atoms with Crippen LogP contribution in [0.25, 0.3) is 10.8 Å². The Kier molecular flexibility index (Phi) is 3.51. The lowest BCUT2D eigenvalue weighted by Crippen LogP contribution is -2.00. The predicted octanol–water partition coefficient (Wildman–Crippen LogP) is 3.52. The molecule has 0 radical (unpaired) electrons. The molecule has 7 heteroatoms. The van der Waals surface area contributed by atoms with E-state index >= 15 is 0 Å². The van der Waals surface area contributed by atoms with Crippen LogP contribution in [0.1, 0.15) is 31.3 Å². The van der Waals surface area contributed by atoms with Crippen molar-refractivity contribution in [1.29, 1.82) is 0 Å². The van der Waals surface area contributed by atoms with Crippen molar-refractivity contribution < 1.29 is 8.94 Å². The minimum Gasteiger partial charge on any atom is -0.443 e. The molecular weight excluding hydrogens is 276 g/mol. The van der Waals surface area contributed by atoms with Crippen LogP contribution in [0.2, 0.25) is 0 Å². The molecule has 3 rings (SSSR count). The summed E-state index contributed by atoms with van der Waals surface area (Å²) in [6.45, 7) is 4.51. The maximum atomic E-state index is 5.43. The highest BCUT2D eigenvalue weighted by Gasteiger charge is 2.11. The number of nitrogens with one attached hydrogen (secondary N) is 1. The molecule has 0 aromatic carbocycles. The highest BCUT2D eigenvalue weighted by Crippen LogP contribution is 2.23. The molecule has 0 fully saturated rings. The summed E-state index contributed by atoms with van der Waals surface area (Å²) in [5, 5.41) is 8.91. The fourth-order valence-electron chi connectivity index (χ4n) is 1.61. The van der Waals surface area contributed by atoms with E-state index in [-0.39, 0.29) is 5.92 Å². The summed E-state index contributed by atoms with van der Waals surface area (Å²) in [7, 11) is 0. The zero-order valence-electron chi connectivity index (χ0n) is 11.2. The van der Waals surface area contributed by atoms with Gasteiger partial charge in [0.1, 0.15) is 6.26 Å². The van der Waals surface area contributed by atoms with Crippen molar-refractivity contribution in [1.82, 2.24) is 15.1 Å². The van der Waals surface area contributed by atoms with Crippen LogP contribution in [0, 0.1) is 0 Å². The number of oxazole rings is 1. The van der Waals surface area contributed by atoms with Crippen molar-refractivity contribution in [3.63, 3.8) is 0 Å². The Morgan fingerprint density at radius 2 is 2.25 bits per heavy atom. The van der Waals surface area contributed by atoms with E-state index in [9.17, 15) is 0 Å². The molecule has 3 aromatic rings. The van der Waals surface area contributed by atoms with E-state index in [4.69, 9.17) is 8.94 Å². The summed E-state index contributed by atoms with van der Waals surface area (Å²) >= 11 is 1.59. The molecule has 0 saturated heterocycles. The molecule has 104 valence electrons. The lowest BCUT2D eigenvalue weighted by atomic mass is 10.2. The van der Waals surface area contributed by atoms with Gasteiger partial charge in [-0.3, -0.25) is 0 Å². The molecule has 0 aliphatic carbocycles. The Bertz CT molecular complexity index is 672. The van der Waals surface area contributed by atoms with Gasteiger partial charge in [-0.25, -0.2) is 4.98 Å². The van der Waals surface area contributed by atoms with Gasteiger partial charge in [0.05, 0.1) is 17.1 Å². The zero-order chi connectivity index (χ0) is 13.9. The summed E-state index contributed by atoms with van der Waals surface area (Å²) in [5.74, 6) is 1.56. The first-order valence-electron chi connectivity index (χ1n) is 6.28. The third-order valence-corrected chi connectivity index (χ3v) is 3.52. The van der Waals surface area contributed by atoms with Gasteiger partial charge in [0.15, 0.2) is 5.82 Å². The van der Waals surface area contributed by atoms with Gasteiger partial charge < -0.3 is 14.3 Å². The number of thiophene rings is 1. The summed E-state index contributed by atoms with van der Waals surface area (Å²) in [5.41, 5.74) is 0.790. The van der Waals surface area contributed by atoms with E-state index in [2.05, 4.69) is 20.4 Å². The molecule has 0 spiro atoms. The number of hydrogen-bond acceptors (Lipinski definition) is 7. The average molecular weight is 290 g/mol. The van der Waals surface area contributed by atoms with Crippen LogP contribution in [-0.4, -0.2) is 15.1 Å². The highest BCUT2D eigenvalue weighted by atomic mass is 32.1. The molecule has 20 heavy (non-hydrogen) atoms. The van der Waals surface area contributed by atoms with Gasteiger partial charge in [-0.05, 0) is 11.4 Å². The molecule has 0 aliphatic heterocycles. The van der Waals surface area contributed by atoms with Crippen molar-refractivity contribution in [2.24, 2.45) is 0 Å². The first-order valence-corrected chi connectivity index (χ1v) is 7.16. The van der Waals surface area contributed by atoms with Crippen molar-refractivity contribution in [2.45, 2.75) is 26.3 Å². The van der Waals surface area contributed by atoms with E-state index in [1.165, 1.54) is 0 Å². The van der Waals surface area contributed by atoms with E-state index in [1.807, 2.05) is 31.4 Å². The van der Waals surface area contributed by atoms with Crippen molar-refractivity contribution in [2.75, 3.05) is 5.32 Å². The molecule has 1 N–H and O–H groups in total.